The van der Waals surface area contributed by atoms with E-state index >= 15 is 0 Å². The number of nitrogens with one attached hydrogen (secondary N) is 2. The number of rotatable bonds is 5. The number of alkyl halides is 3. The second kappa shape index (κ2) is 8.84. The summed E-state index contributed by atoms with van der Waals surface area (Å²) in [6.45, 7) is -0.364. The third-order valence-corrected chi connectivity index (χ3v) is 4.98. The predicted molar refractivity (Wildman–Crippen MR) is 114 cm³/mol. The fourth-order valence-corrected chi connectivity index (χ4v) is 3.43. The van der Waals surface area contributed by atoms with Gasteiger partial charge in [-0.05, 0) is 47.0 Å². The first-order chi connectivity index (χ1) is 14.6. The summed E-state index contributed by atoms with van der Waals surface area (Å²) in [6.07, 6.45) is -4.26. The molecule has 10 heteroatoms. The van der Waals surface area contributed by atoms with E-state index in [1.807, 2.05) is 0 Å². The van der Waals surface area contributed by atoms with Crippen molar-refractivity contribution in [3.8, 4) is 0 Å². The van der Waals surface area contributed by atoms with Crippen molar-refractivity contribution in [1.82, 2.24) is 5.32 Å². The van der Waals surface area contributed by atoms with Gasteiger partial charge in [0.15, 0.2) is 5.78 Å². The maximum Gasteiger partial charge on any atom is 0.417 e. The first-order valence-corrected chi connectivity index (χ1v) is 9.74. The standard InChI is InChI=1S/C21H18F3N3O3S/c22-21(23,24)17-8-15(28)6-13-5-14(3-4-16(13)17)27-19(29)9-26-20(30)11-1-2-12(10-31)18(25)7-11/h1-5,7-8,31H,6,9-10,25H2,(H,26,30)(H,27,29). The molecule has 0 saturated heterocycles. The summed E-state index contributed by atoms with van der Waals surface area (Å²) in [4.78, 5) is 36.0. The Labute approximate surface area is 181 Å². The van der Waals surface area contributed by atoms with Crippen LogP contribution < -0.4 is 16.4 Å². The van der Waals surface area contributed by atoms with Crippen molar-refractivity contribution in [3.63, 3.8) is 0 Å². The van der Waals surface area contributed by atoms with Gasteiger partial charge in [-0.2, -0.15) is 25.8 Å². The fraction of sp³-hybridized carbons (Fsp3) is 0.190. The van der Waals surface area contributed by atoms with Gasteiger partial charge in [-0.3, -0.25) is 14.4 Å². The van der Waals surface area contributed by atoms with Crippen LogP contribution in [0.5, 0.6) is 0 Å². The molecule has 2 aromatic carbocycles. The number of anilines is 2. The number of hydrogen-bond donors (Lipinski definition) is 4. The van der Waals surface area contributed by atoms with Gasteiger partial charge in [0.2, 0.25) is 5.91 Å². The SMILES string of the molecule is Nc1cc(C(=O)NCC(=O)Nc2ccc3c(c2)CC(=O)C=C3C(F)(F)F)ccc1CS. The van der Waals surface area contributed by atoms with E-state index in [1.54, 1.807) is 12.1 Å². The van der Waals surface area contributed by atoms with Crippen molar-refractivity contribution in [3.05, 3.63) is 64.7 Å². The van der Waals surface area contributed by atoms with Crippen LogP contribution in [-0.4, -0.2) is 30.3 Å². The average molecular weight is 449 g/mol. The second-order valence-corrected chi connectivity index (χ2v) is 7.19. The normalized spacial score (nSPS) is 13.3. The number of nitrogen functional groups attached to an aromatic ring is 1. The number of carbonyl (C=O) groups is 3. The summed E-state index contributed by atoms with van der Waals surface area (Å²) in [7, 11) is 0. The van der Waals surface area contributed by atoms with Crippen LogP contribution >= 0.6 is 12.6 Å². The number of allylic oxidation sites excluding steroid dienone is 2. The van der Waals surface area contributed by atoms with Crippen LogP contribution in [0.4, 0.5) is 24.5 Å². The number of ketones is 1. The molecule has 1 aliphatic carbocycles. The molecule has 0 aliphatic heterocycles. The van der Waals surface area contributed by atoms with Crippen LogP contribution in [0, 0.1) is 0 Å². The Kier molecular flexibility index (Phi) is 6.40. The topological polar surface area (TPSA) is 101 Å². The molecule has 3 rings (SSSR count). The zero-order valence-electron chi connectivity index (χ0n) is 16.0. The van der Waals surface area contributed by atoms with Gasteiger partial charge in [0, 0.05) is 29.1 Å². The summed E-state index contributed by atoms with van der Waals surface area (Å²) in [5.41, 5.74) is 6.56. The van der Waals surface area contributed by atoms with E-state index in [9.17, 15) is 27.6 Å². The minimum Gasteiger partial charge on any atom is -0.398 e. The van der Waals surface area contributed by atoms with Gasteiger partial charge >= 0.3 is 6.18 Å². The lowest BCUT2D eigenvalue weighted by Crippen LogP contribution is -2.33. The zero-order valence-corrected chi connectivity index (χ0v) is 16.9. The Balaban J connectivity index is 1.65. The Morgan fingerprint density at radius 1 is 1.13 bits per heavy atom. The Morgan fingerprint density at radius 2 is 1.87 bits per heavy atom. The van der Waals surface area contributed by atoms with E-state index < -0.39 is 29.3 Å². The molecule has 0 heterocycles. The summed E-state index contributed by atoms with van der Waals surface area (Å²) in [6, 6.07) is 8.54. The molecular formula is C21H18F3N3O3S. The van der Waals surface area contributed by atoms with Crippen LogP contribution in [0.15, 0.2) is 42.5 Å². The van der Waals surface area contributed by atoms with Gasteiger partial charge in [-0.1, -0.05) is 12.1 Å². The number of amides is 2. The third kappa shape index (κ3) is 5.26. The highest BCUT2D eigenvalue weighted by atomic mass is 32.1. The first kappa shape index (κ1) is 22.4. The molecule has 1 aliphatic rings. The van der Waals surface area contributed by atoms with E-state index in [2.05, 4.69) is 23.3 Å². The van der Waals surface area contributed by atoms with Gasteiger partial charge in [0.25, 0.3) is 5.91 Å². The van der Waals surface area contributed by atoms with Crippen LogP contribution in [0.1, 0.15) is 27.0 Å². The number of hydrogen-bond acceptors (Lipinski definition) is 5. The van der Waals surface area contributed by atoms with Gasteiger partial charge in [0.05, 0.1) is 12.1 Å². The van der Waals surface area contributed by atoms with Gasteiger partial charge in [0.1, 0.15) is 0 Å². The molecule has 2 amide bonds. The van der Waals surface area contributed by atoms with Gasteiger partial charge < -0.3 is 16.4 Å². The molecule has 0 bridgehead atoms. The highest BCUT2D eigenvalue weighted by Crippen LogP contribution is 2.38. The summed E-state index contributed by atoms with van der Waals surface area (Å²) >= 11 is 4.12. The van der Waals surface area contributed by atoms with Crippen molar-refractivity contribution >= 4 is 47.2 Å². The van der Waals surface area contributed by atoms with Crippen LogP contribution in [-0.2, 0) is 21.8 Å². The quantitative estimate of drug-likeness (QED) is 0.416. The van der Waals surface area contributed by atoms with Crippen LogP contribution in [0.3, 0.4) is 0 Å². The lowest BCUT2D eigenvalue weighted by Gasteiger charge is -2.20. The number of carbonyl (C=O) groups excluding carboxylic acids is 3. The lowest BCUT2D eigenvalue weighted by atomic mass is 9.89. The van der Waals surface area contributed by atoms with E-state index in [4.69, 9.17) is 5.73 Å². The van der Waals surface area contributed by atoms with Crippen molar-refractivity contribution in [2.24, 2.45) is 0 Å². The monoisotopic (exact) mass is 449 g/mol. The molecule has 0 atom stereocenters. The number of fused-ring (bicyclic) bond motifs is 1. The van der Waals surface area contributed by atoms with Crippen molar-refractivity contribution < 1.29 is 27.6 Å². The van der Waals surface area contributed by atoms with Crippen molar-refractivity contribution in [2.75, 3.05) is 17.6 Å². The van der Waals surface area contributed by atoms with Crippen molar-refractivity contribution in [1.29, 1.82) is 0 Å². The molecular weight excluding hydrogens is 431 g/mol. The molecule has 0 aromatic heterocycles. The second-order valence-electron chi connectivity index (χ2n) is 6.87. The largest absolute Gasteiger partial charge is 0.417 e. The first-order valence-electron chi connectivity index (χ1n) is 9.11. The maximum absolute atomic E-state index is 13.1. The number of nitrogens with two attached hydrogens (primary N) is 1. The molecule has 0 saturated carbocycles. The smallest absolute Gasteiger partial charge is 0.398 e. The molecule has 2 aromatic rings. The number of thiol groups is 1. The molecule has 6 nitrogen and oxygen atoms in total. The van der Waals surface area contributed by atoms with Crippen molar-refractivity contribution in [2.45, 2.75) is 18.3 Å². The molecule has 162 valence electrons. The van der Waals surface area contributed by atoms with E-state index in [-0.39, 0.29) is 35.3 Å². The summed E-state index contributed by atoms with van der Waals surface area (Å²) in [5.74, 6) is -1.34. The van der Waals surface area contributed by atoms with Crippen LogP contribution in [0.25, 0.3) is 5.57 Å². The molecule has 0 unspecified atom stereocenters. The predicted octanol–water partition coefficient (Wildman–Crippen LogP) is 3.14. The van der Waals surface area contributed by atoms with Gasteiger partial charge in [-0.25, -0.2) is 0 Å². The number of halogens is 3. The summed E-state index contributed by atoms with van der Waals surface area (Å²) < 4.78 is 39.4. The zero-order chi connectivity index (χ0) is 22.8. The van der Waals surface area contributed by atoms with Crippen LogP contribution in [0.2, 0.25) is 0 Å². The Hall–Kier alpha value is -3.27. The minimum atomic E-state index is -4.66. The van der Waals surface area contributed by atoms with E-state index in [1.165, 1.54) is 24.3 Å². The summed E-state index contributed by atoms with van der Waals surface area (Å²) in [5, 5.41) is 4.94. The van der Waals surface area contributed by atoms with E-state index in [0.29, 0.717) is 17.5 Å². The average Bonchev–Trinajstić information content (AvgIpc) is 2.70. The molecule has 0 spiro atoms. The molecule has 4 N–H and O–H groups in total. The molecule has 0 radical (unpaired) electrons. The minimum absolute atomic E-state index is 0.0966. The Morgan fingerprint density at radius 3 is 2.52 bits per heavy atom. The highest BCUT2D eigenvalue weighted by Gasteiger charge is 2.38. The van der Waals surface area contributed by atoms with E-state index in [0.717, 1.165) is 5.56 Å². The highest BCUT2D eigenvalue weighted by molar-refractivity contribution is 7.79. The molecule has 31 heavy (non-hydrogen) atoms. The fourth-order valence-electron chi connectivity index (χ4n) is 3.14. The number of benzene rings is 2. The molecule has 0 fully saturated rings. The third-order valence-electron chi connectivity index (χ3n) is 4.64. The maximum atomic E-state index is 13.1. The lowest BCUT2D eigenvalue weighted by molar-refractivity contribution is -0.115. The Bertz CT molecular complexity index is 1100. The van der Waals surface area contributed by atoms with Gasteiger partial charge in [-0.15, -0.1) is 0 Å².